The molecule has 3 unspecified atom stereocenters. The van der Waals surface area contributed by atoms with Crippen molar-refractivity contribution in [1.29, 1.82) is 0 Å². The van der Waals surface area contributed by atoms with Crippen LogP contribution in [0.2, 0.25) is 0 Å². The van der Waals surface area contributed by atoms with Gasteiger partial charge in [0, 0.05) is 18.7 Å². The van der Waals surface area contributed by atoms with E-state index >= 15 is 0 Å². The lowest BCUT2D eigenvalue weighted by Gasteiger charge is -2.37. The molecule has 0 aliphatic heterocycles. The molecule has 1 heterocycles. The van der Waals surface area contributed by atoms with Crippen molar-refractivity contribution in [2.75, 3.05) is 0 Å². The maximum Gasteiger partial charge on any atom is 0.0706 e. The molecule has 3 nitrogen and oxygen atoms in total. The van der Waals surface area contributed by atoms with Gasteiger partial charge >= 0.3 is 0 Å². The average Bonchev–Trinajstić information content (AvgIpc) is 2.84. The van der Waals surface area contributed by atoms with Crippen LogP contribution in [-0.2, 0) is 6.42 Å². The van der Waals surface area contributed by atoms with E-state index in [2.05, 4.69) is 45.1 Å². The molecule has 0 amide bonds. The molecule has 0 bridgehead atoms. The third-order valence-electron chi connectivity index (χ3n) is 4.94. The Hall–Kier alpha value is -0.830. The molecule has 1 fully saturated rings. The van der Waals surface area contributed by atoms with Gasteiger partial charge in [0.15, 0.2) is 0 Å². The second-order valence-corrected chi connectivity index (χ2v) is 7.54. The minimum atomic E-state index is -0.535. The summed E-state index contributed by atoms with van der Waals surface area (Å²) in [5.74, 6) is 1.40. The Morgan fingerprint density at radius 2 is 2.19 bits per heavy atom. The van der Waals surface area contributed by atoms with Gasteiger partial charge in [0.1, 0.15) is 0 Å². The average molecular weight is 292 g/mol. The fourth-order valence-electron chi connectivity index (χ4n) is 3.73. The summed E-state index contributed by atoms with van der Waals surface area (Å²) in [4.78, 5) is 0. The molecule has 1 N–H and O–H groups in total. The zero-order chi connectivity index (χ0) is 15.5. The standard InChI is InChI=1S/C18H32N2O/c1-5-15(4)20-10-8-17(19-20)13-18(21)9-6-7-16(12-18)11-14(2)3/h8,10,14-16,21H,5-7,9,11-13H2,1-4H3. The third-order valence-corrected chi connectivity index (χ3v) is 4.94. The van der Waals surface area contributed by atoms with Gasteiger partial charge in [0.05, 0.1) is 11.3 Å². The van der Waals surface area contributed by atoms with Gasteiger partial charge in [0.25, 0.3) is 0 Å². The lowest BCUT2D eigenvalue weighted by Crippen LogP contribution is -2.38. The number of aromatic nitrogens is 2. The normalized spacial score (nSPS) is 28.0. The van der Waals surface area contributed by atoms with Gasteiger partial charge in [-0.1, -0.05) is 33.6 Å². The maximum absolute atomic E-state index is 11.0. The highest BCUT2D eigenvalue weighted by molar-refractivity contribution is 5.06. The molecule has 0 aromatic carbocycles. The lowest BCUT2D eigenvalue weighted by molar-refractivity contribution is -0.0197. The molecular weight excluding hydrogens is 260 g/mol. The Kier molecular flexibility index (Phi) is 5.48. The Bertz CT molecular complexity index is 440. The van der Waals surface area contributed by atoms with Gasteiger partial charge in [-0.3, -0.25) is 4.68 Å². The highest BCUT2D eigenvalue weighted by atomic mass is 16.3. The van der Waals surface area contributed by atoms with Gasteiger partial charge in [-0.05, 0) is 50.5 Å². The van der Waals surface area contributed by atoms with Crippen molar-refractivity contribution in [1.82, 2.24) is 9.78 Å². The van der Waals surface area contributed by atoms with Gasteiger partial charge < -0.3 is 5.11 Å². The summed E-state index contributed by atoms with van der Waals surface area (Å²) in [6.07, 6.45) is 9.40. The Balaban J connectivity index is 1.98. The summed E-state index contributed by atoms with van der Waals surface area (Å²) < 4.78 is 2.03. The number of hydrogen-bond donors (Lipinski definition) is 1. The molecule has 1 aromatic heterocycles. The van der Waals surface area contributed by atoms with Crippen LogP contribution in [0.3, 0.4) is 0 Å². The van der Waals surface area contributed by atoms with E-state index in [1.165, 1.54) is 12.8 Å². The Labute approximate surface area is 129 Å². The summed E-state index contributed by atoms with van der Waals surface area (Å²) in [5, 5.41) is 15.6. The van der Waals surface area contributed by atoms with Crippen LogP contribution in [-0.4, -0.2) is 20.5 Å². The molecule has 0 saturated heterocycles. The summed E-state index contributed by atoms with van der Waals surface area (Å²) in [5.41, 5.74) is 0.509. The second-order valence-electron chi connectivity index (χ2n) is 7.54. The van der Waals surface area contributed by atoms with Crippen molar-refractivity contribution in [2.24, 2.45) is 11.8 Å². The van der Waals surface area contributed by atoms with E-state index < -0.39 is 5.60 Å². The van der Waals surface area contributed by atoms with Crippen molar-refractivity contribution >= 4 is 0 Å². The fraction of sp³-hybridized carbons (Fsp3) is 0.833. The molecule has 1 aromatic rings. The molecule has 0 spiro atoms. The molecule has 2 rings (SSSR count). The zero-order valence-corrected chi connectivity index (χ0v) is 14.2. The first kappa shape index (κ1) is 16.5. The van der Waals surface area contributed by atoms with Crippen LogP contribution in [0.1, 0.15) is 78.0 Å². The third kappa shape index (κ3) is 4.57. The van der Waals surface area contributed by atoms with E-state index in [9.17, 15) is 5.11 Å². The van der Waals surface area contributed by atoms with Crippen LogP contribution >= 0.6 is 0 Å². The van der Waals surface area contributed by atoms with Crippen LogP contribution < -0.4 is 0 Å². The van der Waals surface area contributed by atoms with Crippen molar-refractivity contribution in [3.8, 4) is 0 Å². The molecule has 120 valence electrons. The second kappa shape index (κ2) is 6.95. The first-order chi connectivity index (χ1) is 9.92. The van der Waals surface area contributed by atoms with Gasteiger partial charge in [-0.2, -0.15) is 5.10 Å². The molecular formula is C18H32N2O. The highest BCUT2D eigenvalue weighted by Crippen LogP contribution is 2.37. The largest absolute Gasteiger partial charge is 0.389 e. The quantitative estimate of drug-likeness (QED) is 0.845. The van der Waals surface area contributed by atoms with Gasteiger partial charge in [-0.15, -0.1) is 0 Å². The minimum Gasteiger partial charge on any atom is -0.389 e. The smallest absolute Gasteiger partial charge is 0.0706 e. The van der Waals surface area contributed by atoms with E-state index in [-0.39, 0.29) is 0 Å². The van der Waals surface area contributed by atoms with Crippen molar-refractivity contribution in [2.45, 2.75) is 84.3 Å². The Morgan fingerprint density at radius 3 is 2.86 bits per heavy atom. The molecule has 0 radical (unpaired) electrons. The molecule has 3 heteroatoms. The molecule has 21 heavy (non-hydrogen) atoms. The molecule has 1 saturated carbocycles. The molecule has 1 aliphatic rings. The first-order valence-corrected chi connectivity index (χ1v) is 8.68. The monoisotopic (exact) mass is 292 g/mol. The Morgan fingerprint density at radius 1 is 1.43 bits per heavy atom. The molecule has 1 aliphatic carbocycles. The summed E-state index contributed by atoms with van der Waals surface area (Å²) in [7, 11) is 0. The predicted molar refractivity (Wildman–Crippen MR) is 87.3 cm³/mol. The predicted octanol–water partition coefficient (Wildman–Crippen LogP) is 4.36. The fourth-order valence-corrected chi connectivity index (χ4v) is 3.73. The SMILES string of the molecule is CCC(C)n1ccc(CC2(O)CCCC(CC(C)C)C2)n1. The maximum atomic E-state index is 11.0. The van der Waals surface area contributed by atoms with Crippen molar-refractivity contribution in [3.05, 3.63) is 18.0 Å². The van der Waals surface area contributed by atoms with E-state index in [4.69, 9.17) is 0 Å². The van der Waals surface area contributed by atoms with E-state index in [0.717, 1.165) is 37.3 Å². The number of rotatable bonds is 6. The lowest BCUT2D eigenvalue weighted by atomic mass is 9.73. The van der Waals surface area contributed by atoms with Crippen LogP contribution in [0.25, 0.3) is 0 Å². The van der Waals surface area contributed by atoms with Gasteiger partial charge in [0.2, 0.25) is 0 Å². The summed E-state index contributed by atoms with van der Waals surface area (Å²) >= 11 is 0. The van der Waals surface area contributed by atoms with Crippen molar-refractivity contribution in [3.63, 3.8) is 0 Å². The highest BCUT2D eigenvalue weighted by Gasteiger charge is 2.35. The van der Waals surface area contributed by atoms with E-state index in [1.54, 1.807) is 0 Å². The van der Waals surface area contributed by atoms with Gasteiger partial charge in [-0.25, -0.2) is 0 Å². The van der Waals surface area contributed by atoms with Crippen LogP contribution in [0.15, 0.2) is 12.3 Å². The number of aliphatic hydroxyl groups is 1. The zero-order valence-electron chi connectivity index (χ0n) is 14.2. The minimum absolute atomic E-state index is 0.438. The van der Waals surface area contributed by atoms with Crippen LogP contribution in [0.5, 0.6) is 0 Å². The van der Waals surface area contributed by atoms with Crippen LogP contribution in [0.4, 0.5) is 0 Å². The topological polar surface area (TPSA) is 38.0 Å². The number of nitrogens with zero attached hydrogens (tertiary/aromatic N) is 2. The van der Waals surface area contributed by atoms with Crippen LogP contribution in [0, 0.1) is 11.8 Å². The number of hydrogen-bond acceptors (Lipinski definition) is 2. The van der Waals surface area contributed by atoms with E-state index in [0.29, 0.717) is 18.4 Å². The summed E-state index contributed by atoms with van der Waals surface area (Å²) in [6, 6.07) is 2.52. The first-order valence-electron chi connectivity index (χ1n) is 8.68. The van der Waals surface area contributed by atoms with Crippen molar-refractivity contribution < 1.29 is 5.11 Å². The summed E-state index contributed by atoms with van der Waals surface area (Å²) in [6.45, 7) is 8.92. The van der Waals surface area contributed by atoms with E-state index in [1.807, 2.05) is 4.68 Å². The molecule has 3 atom stereocenters.